The Morgan fingerprint density at radius 3 is 2.55 bits per heavy atom. The summed E-state index contributed by atoms with van der Waals surface area (Å²) in [6.45, 7) is 5.27. The molecule has 8 nitrogen and oxygen atoms in total. The van der Waals surface area contributed by atoms with Gasteiger partial charge < -0.3 is 14.6 Å². The predicted molar refractivity (Wildman–Crippen MR) is 122 cm³/mol. The van der Waals surface area contributed by atoms with Crippen molar-refractivity contribution in [2.75, 3.05) is 12.4 Å². The molecular weight excluding hydrogens is 427 g/mol. The van der Waals surface area contributed by atoms with E-state index in [2.05, 4.69) is 10.5 Å². The highest BCUT2D eigenvalue weighted by Gasteiger charge is 2.25. The molecule has 170 valence electrons. The molecular formula is C24H23FN4O4. The van der Waals surface area contributed by atoms with Gasteiger partial charge in [-0.15, -0.1) is 0 Å². The number of halogens is 1. The number of methoxy groups -OCH3 is 1. The quantitative estimate of drug-likeness (QED) is 0.493. The lowest BCUT2D eigenvalue weighted by Crippen LogP contribution is -2.24. The van der Waals surface area contributed by atoms with Crippen LogP contribution in [-0.2, 0) is 7.05 Å². The molecule has 2 aromatic carbocycles. The summed E-state index contributed by atoms with van der Waals surface area (Å²) in [5, 5.41) is 6.56. The Labute approximate surface area is 189 Å². The number of ether oxygens (including phenoxy) is 1. The molecule has 2 heterocycles. The van der Waals surface area contributed by atoms with Crippen molar-refractivity contribution in [3.05, 3.63) is 81.2 Å². The molecule has 0 saturated carbocycles. The summed E-state index contributed by atoms with van der Waals surface area (Å²) >= 11 is 0. The molecule has 0 aliphatic heterocycles. The molecule has 0 radical (unpaired) electrons. The largest absolute Gasteiger partial charge is 0.496 e. The summed E-state index contributed by atoms with van der Waals surface area (Å²) in [6.07, 6.45) is 0. The Balaban J connectivity index is 1.72. The molecule has 0 saturated heterocycles. The molecule has 4 aromatic rings. The number of benzene rings is 2. The average molecular weight is 450 g/mol. The Morgan fingerprint density at radius 1 is 1.12 bits per heavy atom. The SMILES string of the molecule is COc1c(C)cccc1-c1onc(C(=O)Nc2c(C)n(C)n(-c3ccccc3F)c2=O)c1C. The number of aromatic nitrogens is 3. The molecule has 1 amide bonds. The van der Waals surface area contributed by atoms with Crippen LogP contribution >= 0.6 is 0 Å². The molecule has 0 spiro atoms. The Bertz CT molecular complexity index is 1430. The maximum atomic E-state index is 14.3. The zero-order valence-electron chi connectivity index (χ0n) is 18.9. The molecule has 0 aliphatic carbocycles. The van der Waals surface area contributed by atoms with Gasteiger partial charge in [-0.2, -0.15) is 0 Å². The number of para-hydroxylation sites is 2. The van der Waals surface area contributed by atoms with E-state index in [-0.39, 0.29) is 17.1 Å². The maximum Gasteiger partial charge on any atom is 0.295 e. The first-order chi connectivity index (χ1) is 15.8. The normalized spacial score (nSPS) is 11.0. The Kier molecular flexibility index (Phi) is 5.63. The highest BCUT2D eigenvalue weighted by atomic mass is 19.1. The molecule has 2 aromatic heterocycles. The third-order valence-corrected chi connectivity index (χ3v) is 5.67. The lowest BCUT2D eigenvalue weighted by atomic mass is 10.0. The third kappa shape index (κ3) is 3.61. The van der Waals surface area contributed by atoms with Crippen LogP contribution in [0, 0.1) is 26.6 Å². The van der Waals surface area contributed by atoms with E-state index < -0.39 is 17.3 Å². The number of carbonyl (C=O) groups excluding carboxylic acids is 1. The van der Waals surface area contributed by atoms with Crippen molar-refractivity contribution >= 4 is 11.6 Å². The summed E-state index contributed by atoms with van der Waals surface area (Å²) in [7, 11) is 3.17. The Hall–Kier alpha value is -4.14. The third-order valence-electron chi connectivity index (χ3n) is 5.67. The molecule has 0 fully saturated rings. The standard InChI is InChI=1S/C24H23FN4O4/c1-13-9-8-10-16(21(13)32-5)22-14(2)19(27-33-22)23(30)26-20-15(3)28(4)29(24(20)31)18-12-7-6-11-17(18)25/h6-12H,1-5H3,(H,26,30). The van der Waals surface area contributed by atoms with Gasteiger partial charge in [-0.25, -0.2) is 9.07 Å². The van der Waals surface area contributed by atoms with Crippen molar-refractivity contribution in [3.63, 3.8) is 0 Å². The van der Waals surface area contributed by atoms with Gasteiger partial charge in [-0.3, -0.25) is 14.3 Å². The average Bonchev–Trinajstić information content (AvgIpc) is 3.27. The van der Waals surface area contributed by atoms with Gasteiger partial charge in [0.25, 0.3) is 11.5 Å². The van der Waals surface area contributed by atoms with E-state index in [4.69, 9.17) is 9.26 Å². The predicted octanol–water partition coefficient (Wildman–Crippen LogP) is 4.16. The Morgan fingerprint density at radius 2 is 1.85 bits per heavy atom. The molecule has 4 rings (SSSR count). The molecule has 0 unspecified atom stereocenters. The number of rotatable bonds is 5. The van der Waals surface area contributed by atoms with E-state index >= 15 is 0 Å². The van der Waals surface area contributed by atoms with Gasteiger partial charge in [0, 0.05) is 12.6 Å². The summed E-state index contributed by atoms with van der Waals surface area (Å²) in [5.41, 5.74) is 2.12. The van der Waals surface area contributed by atoms with Crippen LogP contribution in [0.1, 0.15) is 27.3 Å². The van der Waals surface area contributed by atoms with Crippen molar-refractivity contribution in [2.45, 2.75) is 20.8 Å². The second-order valence-electron chi connectivity index (χ2n) is 7.65. The van der Waals surface area contributed by atoms with Crippen LogP contribution < -0.4 is 15.6 Å². The minimum absolute atomic E-state index is 0.0304. The van der Waals surface area contributed by atoms with Gasteiger partial charge in [-0.1, -0.05) is 29.4 Å². The van der Waals surface area contributed by atoms with Gasteiger partial charge in [0.15, 0.2) is 11.5 Å². The second-order valence-corrected chi connectivity index (χ2v) is 7.65. The van der Waals surface area contributed by atoms with Crippen LogP contribution in [0.4, 0.5) is 10.1 Å². The zero-order chi connectivity index (χ0) is 23.9. The van der Waals surface area contributed by atoms with Gasteiger partial charge >= 0.3 is 0 Å². The number of hydrogen-bond acceptors (Lipinski definition) is 5. The number of nitrogens with one attached hydrogen (secondary N) is 1. The summed E-state index contributed by atoms with van der Waals surface area (Å²) in [4.78, 5) is 26.1. The molecule has 0 atom stereocenters. The smallest absolute Gasteiger partial charge is 0.295 e. The van der Waals surface area contributed by atoms with Crippen LogP contribution in [0.5, 0.6) is 5.75 Å². The fourth-order valence-corrected chi connectivity index (χ4v) is 3.82. The van der Waals surface area contributed by atoms with Crippen molar-refractivity contribution in [1.29, 1.82) is 0 Å². The van der Waals surface area contributed by atoms with E-state index in [1.54, 1.807) is 34.1 Å². The number of carbonyl (C=O) groups is 1. The van der Waals surface area contributed by atoms with E-state index in [0.717, 1.165) is 5.56 Å². The number of anilines is 1. The zero-order valence-corrected chi connectivity index (χ0v) is 18.9. The van der Waals surface area contributed by atoms with Crippen LogP contribution in [-0.4, -0.2) is 27.5 Å². The summed E-state index contributed by atoms with van der Waals surface area (Å²) < 4.78 is 27.9. The number of hydrogen-bond donors (Lipinski definition) is 1. The highest BCUT2D eigenvalue weighted by molar-refractivity contribution is 6.04. The van der Waals surface area contributed by atoms with E-state index in [1.807, 2.05) is 25.1 Å². The number of aryl methyl sites for hydroxylation is 1. The van der Waals surface area contributed by atoms with E-state index in [1.165, 1.54) is 27.6 Å². The van der Waals surface area contributed by atoms with E-state index in [0.29, 0.717) is 28.3 Å². The minimum atomic E-state index is -0.611. The molecule has 9 heteroatoms. The van der Waals surface area contributed by atoms with Crippen LogP contribution in [0.15, 0.2) is 51.8 Å². The van der Waals surface area contributed by atoms with Crippen molar-refractivity contribution in [3.8, 4) is 22.8 Å². The summed E-state index contributed by atoms with van der Waals surface area (Å²) in [6, 6.07) is 11.5. The molecule has 33 heavy (non-hydrogen) atoms. The molecule has 0 aliphatic rings. The molecule has 1 N–H and O–H groups in total. The van der Waals surface area contributed by atoms with Crippen molar-refractivity contribution < 1.29 is 18.4 Å². The fraction of sp³-hybridized carbons (Fsp3) is 0.208. The number of nitrogens with zero attached hydrogens (tertiary/aromatic N) is 3. The second kappa shape index (κ2) is 8.42. The monoisotopic (exact) mass is 450 g/mol. The highest BCUT2D eigenvalue weighted by Crippen LogP contribution is 2.35. The van der Waals surface area contributed by atoms with Crippen LogP contribution in [0.25, 0.3) is 17.0 Å². The first-order valence-electron chi connectivity index (χ1n) is 10.2. The summed E-state index contributed by atoms with van der Waals surface area (Å²) in [5.74, 6) is -0.146. The first-order valence-corrected chi connectivity index (χ1v) is 10.2. The topological polar surface area (TPSA) is 91.3 Å². The minimum Gasteiger partial charge on any atom is -0.496 e. The molecule has 0 bridgehead atoms. The lowest BCUT2D eigenvalue weighted by molar-refractivity contribution is 0.101. The van der Waals surface area contributed by atoms with Crippen LogP contribution in [0.2, 0.25) is 0 Å². The van der Waals surface area contributed by atoms with Gasteiger partial charge in [-0.05, 0) is 44.5 Å². The maximum absolute atomic E-state index is 14.3. The fourth-order valence-electron chi connectivity index (χ4n) is 3.82. The van der Waals surface area contributed by atoms with Crippen molar-refractivity contribution in [2.24, 2.45) is 7.05 Å². The van der Waals surface area contributed by atoms with Crippen molar-refractivity contribution in [1.82, 2.24) is 14.5 Å². The van der Waals surface area contributed by atoms with E-state index in [9.17, 15) is 14.0 Å². The van der Waals surface area contributed by atoms with Gasteiger partial charge in [0.1, 0.15) is 22.9 Å². The van der Waals surface area contributed by atoms with Crippen LogP contribution in [0.3, 0.4) is 0 Å². The number of amides is 1. The van der Waals surface area contributed by atoms with Gasteiger partial charge in [0.2, 0.25) is 0 Å². The first kappa shape index (κ1) is 22.1. The lowest BCUT2D eigenvalue weighted by Gasteiger charge is -2.09. The van der Waals surface area contributed by atoms with Gasteiger partial charge in [0.05, 0.1) is 18.4 Å².